The highest BCUT2D eigenvalue weighted by molar-refractivity contribution is 9.10. The molecular formula is C16H17BrN6S. The van der Waals surface area contributed by atoms with Gasteiger partial charge < -0.3 is 16.4 Å². The number of aryl methyl sites for hydroxylation is 1. The van der Waals surface area contributed by atoms with Crippen molar-refractivity contribution >= 4 is 49.7 Å². The van der Waals surface area contributed by atoms with Crippen molar-refractivity contribution in [2.24, 2.45) is 0 Å². The van der Waals surface area contributed by atoms with E-state index in [1.54, 1.807) is 0 Å². The van der Waals surface area contributed by atoms with Crippen LogP contribution >= 0.6 is 27.3 Å². The lowest BCUT2D eigenvalue weighted by atomic mass is 10.2. The molecule has 6 nitrogen and oxygen atoms in total. The van der Waals surface area contributed by atoms with Gasteiger partial charge in [-0.2, -0.15) is 0 Å². The number of aromatic nitrogens is 3. The van der Waals surface area contributed by atoms with Crippen molar-refractivity contribution in [1.82, 2.24) is 15.0 Å². The molecule has 0 aliphatic rings. The molecule has 4 N–H and O–H groups in total. The second kappa shape index (κ2) is 6.74. The fourth-order valence-electron chi connectivity index (χ4n) is 2.37. The Morgan fingerprint density at radius 2 is 1.83 bits per heavy atom. The zero-order valence-electron chi connectivity index (χ0n) is 13.3. The number of hydrogen-bond donors (Lipinski definition) is 2. The van der Waals surface area contributed by atoms with Crippen molar-refractivity contribution in [1.29, 1.82) is 0 Å². The van der Waals surface area contributed by atoms with Gasteiger partial charge in [0.05, 0.1) is 0 Å². The lowest BCUT2D eigenvalue weighted by molar-refractivity contribution is 1.00. The molecule has 0 amide bonds. The van der Waals surface area contributed by atoms with Gasteiger partial charge in [0.25, 0.3) is 0 Å². The molecule has 24 heavy (non-hydrogen) atoms. The third-order valence-electron chi connectivity index (χ3n) is 3.50. The van der Waals surface area contributed by atoms with Crippen molar-refractivity contribution in [2.45, 2.75) is 13.8 Å². The number of benzene rings is 1. The number of hydrogen-bond acceptors (Lipinski definition) is 7. The zero-order chi connectivity index (χ0) is 17.3. The van der Waals surface area contributed by atoms with Crippen molar-refractivity contribution < 1.29 is 0 Å². The zero-order valence-corrected chi connectivity index (χ0v) is 15.7. The maximum atomic E-state index is 5.75. The standard InChI is InChI=1S/C16H17BrN6S/c1-3-23(12-6-10(17)5-4-9(12)2)16-20-11(8-24-16)15-21-13(18)7-14(19)22-15/h4-8H,3H2,1-2H3,(H4,18,19,21,22). The van der Waals surface area contributed by atoms with E-state index < -0.39 is 0 Å². The molecule has 0 aliphatic carbocycles. The average molecular weight is 405 g/mol. The van der Waals surface area contributed by atoms with Crippen LogP contribution in [-0.4, -0.2) is 21.5 Å². The first-order chi connectivity index (χ1) is 11.5. The number of anilines is 4. The summed E-state index contributed by atoms with van der Waals surface area (Å²) in [4.78, 5) is 15.3. The molecule has 3 aromatic rings. The highest BCUT2D eigenvalue weighted by atomic mass is 79.9. The number of rotatable bonds is 4. The number of nitrogens with two attached hydrogens (primary N) is 2. The summed E-state index contributed by atoms with van der Waals surface area (Å²) in [5, 5.41) is 2.79. The predicted octanol–water partition coefficient (Wildman–Crippen LogP) is 3.99. The van der Waals surface area contributed by atoms with Gasteiger partial charge in [-0.05, 0) is 31.5 Å². The second-order valence-electron chi connectivity index (χ2n) is 5.23. The van der Waals surface area contributed by atoms with E-state index in [1.807, 2.05) is 11.4 Å². The molecule has 2 aromatic heterocycles. The van der Waals surface area contributed by atoms with Crippen molar-refractivity contribution in [3.05, 3.63) is 39.7 Å². The Morgan fingerprint density at radius 1 is 1.12 bits per heavy atom. The molecule has 124 valence electrons. The Labute approximate surface area is 152 Å². The minimum atomic E-state index is 0.335. The third-order valence-corrected chi connectivity index (χ3v) is 4.85. The molecule has 0 saturated carbocycles. The van der Waals surface area contributed by atoms with E-state index in [9.17, 15) is 0 Å². The summed E-state index contributed by atoms with van der Waals surface area (Å²) in [5.41, 5.74) is 14.5. The quantitative estimate of drug-likeness (QED) is 0.682. The minimum Gasteiger partial charge on any atom is -0.384 e. The Morgan fingerprint density at radius 3 is 2.50 bits per heavy atom. The molecule has 0 radical (unpaired) electrons. The van der Waals surface area contributed by atoms with E-state index in [1.165, 1.54) is 23.0 Å². The van der Waals surface area contributed by atoms with Crippen molar-refractivity contribution in [3.8, 4) is 11.5 Å². The molecule has 8 heteroatoms. The van der Waals surface area contributed by atoms with Crippen molar-refractivity contribution in [3.63, 3.8) is 0 Å². The first-order valence-electron chi connectivity index (χ1n) is 7.37. The molecule has 0 atom stereocenters. The highest BCUT2D eigenvalue weighted by Gasteiger charge is 2.16. The molecule has 2 heterocycles. The van der Waals surface area contributed by atoms with E-state index in [2.05, 4.69) is 61.8 Å². The summed E-state index contributed by atoms with van der Waals surface area (Å²) >= 11 is 5.07. The van der Waals surface area contributed by atoms with Crippen LogP contribution in [0, 0.1) is 6.92 Å². The lowest BCUT2D eigenvalue weighted by Gasteiger charge is -2.22. The van der Waals surface area contributed by atoms with Crippen LogP contribution in [-0.2, 0) is 0 Å². The SMILES string of the molecule is CCN(c1nc(-c2nc(N)cc(N)n2)cs1)c1cc(Br)ccc1C. The van der Waals surface area contributed by atoms with Gasteiger partial charge in [0, 0.05) is 28.2 Å². The Hall–Kier alpha value is -2.19. The first-order valence-corrected chi connectivity index (χ1v) is 9.05. The molecule has 0 bridgehead atoms. The Balaban J connectivity index is 2.00. The molecule has 0 unspecified atom stereocenters. The summed E-state index contributed by atoms with van der Waals surface area (Å²) in [6, 6.07) is 7.73. The maximum absolute atomic E-state index is 5.75. The Kier molecular flexibility index (Phi) is 4.68. The minimum absolute atomic E-state index is 0.335. The van der Waals surface area contributed by atoms with E-state index in [-0.39, 0.29) is 0 Å². The van der Waals surface area contributed by atoms with Gasteiger partial charge in [0.1, 0.15) is 17.3 Å². The smallest absolute Gasteiger partial charge is 0.190 e. The number of halogens is 1. The second-order valence-corrected chi connectivity index (χ2v) is 6.98. The number of nitrogens with zero attached hydrogens (tertiary/aromatic N) is 4. The van der Waals surface area contributed by atoms with E-state index >= 15 is 0 Å². The summed E-state index contributed by atoms with van der Waals surface area (Å²) < 4.78 is 1.03. The fourth-order valence-corrected chi connectivity index (χ4v) is 3.60. The summed E-state index contributed by atoms with van der Waals surface area (Å²) in [5.74, 6) is 1.11. The number of thiazole rings is 1. The van der Waals surface area contributed by atoms with Gasteiger partial charge in [-0.25, -0.2) is 15.0 Å². The van der Waals surface area contributed by atoms with Crippen LogP contribution in [0.15, 0.2) is 34.1 Å². The first kappa shape index (κ1) is 16.7. The van der Waals surface area contributed by atoms with Crippen LogP contribution < -0.4 is 16.4 Å². The molecule has 0 spiro atoms. The predicted molar refractivity (Wildman–Crippen MR) is 104 cm³/mol. The van der Waals surface area contributed by atoms with Crippen LogP contribution in [0.4, 0.5) is 22.5 Å². The van der Waals surface area contributed by atoms with Crippen LogP contribution in [0.3, 0.4) is 0 Å². The van der Waals surface area contributed by atoms with Gasteiger partial charge in [0.15, 0.2) is 11.0 Å². The summed E-state index contributed by atoms with van der Waals surface area (Å²) in [7, 11) is 0. The van der Waals surface area contributed by atoms with E-state index in [0.717, 1.165) is 21.8 Å². The molecule has 0 fully saturated rings. The summed E-state index contributed by atoms with van der Waals surface area (Å²) in [6.07, 6.45) is 0. The van der Waals surface area contributed by atoms with Gasteiger partial charge in [-0.1, -0.05) is 22.0 Å². The summed E-state index contributed by atoms with van der Waals surface area (Å²) in [6.45, 7) is 4.97. The van der Waals surface area contributed by atoms with E-state index in [0.29, 0.717) is 23.2 Å². The van der Waals surface area contributed by atoms with Gasteiger partial charge >= 0.3 is 0 Å². The largest absolute Gasteiger partial charge is 0.384 e. The van der Waals surface area contributed by atoms with Crippen molar-refractivity contribution in [2.75, 3.05) is 22.9 Å². The third kappa shape index (κ3) is 3.34. The monoisotopic (exact) mass is 404 g/mol. The average Bonchev–Trinajstić information content (AvgIpc) is 3.00. The van der Waals surface area contributed by atoms with Gasteiger partial charge in [-0.3, -0.25) is 0 Å². The maximum Gasteiger partial charge on any atom is 0.190 e. The topological polar surface area (TPSA) is 94.0 Å². The number of nitrogen functional groups attached to an aromatic ring is 2. The van der Waals surface area contributed by atoms with Crippen LogP contribution in [0.2, 0.25) is 0 Å². The van der Waals surface area contributed by atoms with Gasteiger partial charge in [-0.15, -0.1) is 11.3 Å². The molecule has 1 aromatic carbocycles. The van der Waals surface area contributed by atoms with Gasteiger partial charge in [0.2, 0.25) is 0 Å². The van der Waals surface area contributed by atoms with Crippen LogP contribution in [0.5, 0.6) is 0 Å². The van der Waals surface area contributed by atoms with Crippen LogP contribution in [0.25, 0.3) is 11.5 Å². The lowest BCUT2D eigenvalue weighted by Crippen LogP contribution is -2.17. The molecule has 3 rings (SSSR count). The van der Waals surface area contributed by atoms with E-state index in [4.69, 9.17) is 11.5 Å². The highest BCUT2D eigenvalue weighted by Crippen LogP contribution is 2.34. The van der Waals surface area contributed by atoms with Crippen LogP contribution in [0.1, 0.15) is 12.5 Å². The fraction of sp³-hybridized carbons (Fsp3) is 0.188. The Bertz CT molecular complexity index is 859. The molecule has 0 aliphatic heterocycles. The molecular weight excluding hydrogens is 388 g/mol. The molecule has 0 saturated heterocycles. The normalized spacial score (nSPS) is 10.8.